The average molecular weight is 261 g/mol. The lowest BCUT2D eigenvalue weighted by Gasteiger charge is -2.36. The molecule has 1 unspecified atom stereocenters. The normalized spacial score (nSPS) is 23.0. The van der Waals surface area contributed by atoms with E-state index in [4.69, 9.17) is 0 Å². The van der Waals surface area contributed by atoms with Gasteiger partial charge in [-0.2, -0.15) is 0 Å². The van der Waals surface area contributed by atoms with Gasteiger partial charge in [-0.15, -0.1) is 0 Å². The SMILES string of the molecule is CCCC1(C(=O)NCc2cccnc2)CCCNC1. The average Bonchev–Trinajstić information content (AvgIpc) is 2.47. The lowest BCUT2D eigenvalue weighted by Crippen LogP contribution is -2.50. The maximum atomic E-state index is 12.5. The third-order valence-corrected chi connectivity index (χ3v) is 3.86. The molecule has 1 amide bonds. The van der Waals surface area contributed by atoms with Crippen LogP contribution in [-0.2, 0) is 11.3 Å². The second-order valence-corrected chi connectivity index (χ2v) is 5.35. The highest BCUT2D eigenvalue weighted by Gasteiger charge is 2.38. The topological polar surface area (TPSA) is 54.0 Å². The Labute approximate surface area is 115 Å². The summed E-state index contributed by atoms with van der Waals surface area (Å²) < 4.78 is 0. The van der Waals surface area contributed by atoms with Crippen molar-refractivity contribution in [3.63, 3.8) is 0 Å². The van der Waals surface area contributed by atoms with E-state index < -0.39 is 0 Å². The summed E-state index contributed by atoms with van der Waals surface area (Å²) in [6.07, 6.45) is 7.62. The molecule has 0 saturated carbocycles. The van der Waals surface area contributed by atoms with E-state index in [2.05, 4.69) is 22.5 Å². The van der Waals surface area contributed by atoms with Crippen LogP contribution in [-0.4, -0.2) is 24.0 Å². The van der Waals surface area contributed by atoms with Crippen molar-refractivity contribution >= 4 is 5.91 Å². The molecule has 4 heteroatoms. The van der Waals surface area contributed by atoms with Crippen molar-refractivity contribution in [2.24, 2.45) is 5.41 Å². The van der Waals surface area contributed by atoms with Gasteiger partial charge in [-0.3, -0.25) is 9.78 Å². The van der Waals surface area contributed by atoms with Crippen molar-refractivity contribution < 1.29 is 4.79 Å². The number of piperidine rings is 1. The molecule has 2 heterocycles. The van der Waals surface area contributed by atoms with Crippen LogP contribution >= 0.6 is 0 Å². The fraction of sp³-hybridized carbons (Fsp3) is 0.600. The number of nitrogens with one attached hydrogen (secondary N) is 2. The zero-order chi connectivity index (χ0) is 13.6. The summed E-state index contributed by atoms with van der Waals surface area (Å²) in [6.45, 7) is 4.55. The van der Waals surface area contributed by atoms with Gasteiger partial charge in [-0.25, -0.2) is 0 Å². The number of hydrogen-bond acceptors (Lipinski definition) is 3. The van der Waals surface area contributed by atoms with Gasteiger partial charge in [0.05, 0.1) is 5.41 Å². The van der Waals surface area contributed by atoms with E-state index in [0.717, 1.165) is 44.3 Å². The number of aromatic nitrogens is 1. The molecule has 4 nitrogen and oxygen atoms in total. The number of nitrogens with zero attached hydrogens (tertiary/aromatic N) is 1. The van der Waals surface area contributed by atoms with Gasteiger partial charge in [-0.1, -0.05) is 19.4 Å². The van der Waals surface area contributed by atoms with Gasteiger partial charge in [0.2, 0.25) is 5.91 Å². The van der Waals surface area contributed by atoms with E-state index in [1.54, 1.807) is 12.4 Å². The zero-order valence-corrected chi connectivity index (χ0v) is 11.6. The van der Waals surface area contributed by atoms with Gasteiger partial charge in [0.1, 0.15) is 0 Å². The van der Waals surface area contributed by atoms with Crippen LogP contribution in [0.5, 0.6) is 0 Å². The molecule has 1 atom stereocenters. The molecule has 1 aromatic heterocycles. The molecule has 0 radical (unpaired) electrons. The summed E-state index contributed by atoms with van der Waals surface area (Å²) >= 11 is 0. The van der Waals surface area contributed by atoms with Crippen molar-refractivity contribution in [1.82, 2.24) is 15.6 Å². The summed E-state index contributed by atoms with van der Waals surface area (Å²) in [4.78, 5) is 16.6. The number of hydrogen-bond donors (Lipinski definition) is 2. The number of pyridine rings is 1. The van der Waals surface area contributed by atoms with Gasteiger partial charge in [0.25, 0.3) is 0 Å². The quantitative estimate of drug-likeness (QED) is 0.850. The van der Waals surface area contributed by atoms with Crippen LogP contribution in [0.25, 0.3) is 0 Å². The summed E-state index contributed by atoms with van der Waals surface area (Å²) in [5.74, 6) is 0.186. The molecule has 19 heavy (non-hydrogen) atoms. The van der Waals surface area contributed by atoms with E-state index in [1.165, 1.54) is 0 Å². The number of amides is 1. The molecule has 1 aromatic rings. The first-order valence-corrected chi connectivity index (χ1v) is 7.15. The Balaban J connectivity index is 1.96. The standard InChI is InChI=1S/C15H23N3O/c1-2-6-15(7-4-9-17-12-15)14(19)18-11-13-5-3-8-16-10-13/h3,5,8,10,17H,2,4,6-7,9,11-12H2,1H3,(H,18,19). The fourth-order valence-corrected chi connectivity index (χ4v) is 2.84. The van der Waals surface area contributed by atoms with Crippen LogP contribution < -0.4 is 10.6 Å². The third-order valence-electron chi connectivity index (χ3n) is 3.86. The Kier molecular flexibility index (Phi) is 4.91. The molecule has 1 aliphatic heterocycles. The van der Waals surface area contributed by atoms with E-state index in [1.807, 2.05) is 12.1 Å². The summed E-state index contributed by atoms with van der Waals surface area (Å²) in [7, 11) is 0. The van der Waals surface area contributed by atoms with Crippen molar-refractivity contribution in [2.75, 3.05) is 13.1 Å². The lowest BCUT2D eigenvalue weighted by atomic mass is 9.76. The Hall–Kier alpha value is -1.42. The number of rotatable bonds is 5. The largest absolute Gasteiger partial charge is 0.351 e. The predicted octanol–water partition coefficient (Wildman–Crippen LogP) is 1.87. The minimum atomic E-state index is -0.213. The first kappa shape index (κ1) is 14.0. The molecule has 1 aliphatic rings. The van der Waals surface area contributed by atoms with E-state index in [0.29, 0.717) is 6.54 Å². The van der Waals surface area contributed by atoms with Crippen LogP contribution in [0.3, 0.4) is 0 Å². The highest BCUT2D eigenvalue weighted by molar-refractivity contribution is 5.83. The first-order chi connectivity index (χ1) is 9.27. The highest BCUT2D eigenvalue weighted by Crippen LogP contribution is 2.31. The fourth-order valence-electron chi connectivity index (χ4n) is 2.84. The second kappa shape index (κ2) is 6.66. The van der Waals surface area contributed by atoms with E-state index in [9.17, 15) is 4.79 Å². The molecular weight excluding hydrogens is 238 g/mol. The Morgan fingerprint density at radius 1 is 1.58 bits per heavy atom. The van der Waals surface area contributed by atoms with Gasteiger partial charge in [0, 0.05) is 25.5 Å². The van der Waals surface area contributed by atoms with Crippen LogP contribution in [0.4, 0.5) is 0 Å². The van der Waals surface area contributed by atoms with Gasteiger partial charge in [0.15, 0.2) is 0 Å². The van der Waals surface area contributed by atoms with Crippen molar-refractivity contribution in [1.29, 1.82) is 0 Å². The molecule has 1 saturated heterocycles. The van der Waals surface area contributed by atoms with Crippen LogP contribution in [0, 0.1) is 5.41 Å². The Bertz CT molecular complexity index is 394. The summed E-state index contributed by atoms with van der Waals surface area (Å²) in [5.41, 5.74) is 0.834. The van der Waals surface area contributed by atoms with Crippen LogP contribution in [0.15, 0.2) is 24.5 Å². The molecule has 0 aromatic carbocycles. The van der Waals surface area contributed by atoms with Crippen molar-refractivity contribution in [3.05, 3.63) is 30.1 Å². The first-order valence-electron chi connectivity index (χ1n) is 7.15. The van der Waals surface area contributed by atoms with Crippen LogP contribution in [0.1, 0.15) is 38.2 Å². The summed E-state index contributed by atoms with van der Waals surface area (Å²) in [5, 5.41) is 6.44. The molecule has 2 rings (SSSR count). The molecule has 2 N–H and O–H groups in total. The van der Waals surface area contributed by atoms with E-state index in [-0.39, 0.29) is 11.3 Å². The molecule has 0 aliphatic carbocycles. The molecule has 1 fully saturated rings. The minimum absolute atomic E-state index is 0.186. The zero-order valence-electron chi connectivity index (χ0n) is 11.6. The minimum Gasteiger partial charge on any atom is -0.351 e. The molecular formula is C15H23N3O. The maximum absolute atomic E-state index is 12.5. The van der Waals surface area contributed by atoms with Gasteiger partial charge < -0.3 is 10.6 Å². The molecule has 104 valence electrons. The van der Waals surface area contributed by atoms with Gasteiger partial charge >= 0.3 is 0 Å². The van der Waals surface area contributed by atoms with Gasteiger partial charge in [-0.05, 0) is 37.4 Å². The second-order valence-electron chi connectivity index (χ2n) is 5.35. The Morgan fingerprint density at radius 2 is 2.47 bits per heavy atom. The number of carbonyl (C=O) groups excluding carboxylic acids is 1. The Morgan fingerprint density at radius 3 is 3.11 bits per heavy atom. The predicted molar refractivity (Wildman–Crippen MR) is 75.5 cm³/mol. The smallest absolute Gasteiger partial charge is 0.227 e. The van der Waals surface area contributed by atoms with Crippen LogP contribution in [0.2, 0.25) is 0 Å². The highest BCUT2D eigenvalue weighted by atomic mass is 16.2. The third kappa shape index (κ3) is 3.53. The van der Waals surface area contributed by atoms with Crippen molar-refractivity contribution in [3.8, 4) is 0 Å². The van der Waals surface area contributed by atoms with E-state index >= 15 is 0 Å². The summed E-state index contributed by atoms with van der Waals surface area (Å²) in [6, 6.07) is 3.88. The molecule has 0 spiro atoms. The maximum Gasteiger partial charge on any atom is 0.227 e. The molecule has 0 bridgehead atoms. The monoisotopic (exact) mass is 261 g/mol. The lowest BCUT2D eigenvalue weighted by molar-refractivity contribution is -0.132. The van der Waals surface area contributed by atoms with Crippen molar-refractivity contribution in [2.45, 2.75) is 39.2 Å². The number of carbonyl (C=O) groups is 1.